The van der Waals surface area contributed by atoms with Crippen LogP contribution in [0, 0.1) is 11.8 Å². The monoisotopic (exact) mass is 360 g/mol. The first-order valence-corrected chi connectivity index (χ1v) is 9.02. The van der Waals surface area contributed by atoms with Gasteiger partial charge in [0.05, 0.1) is 18.3 Å². The highest BCUT2D eigenvalue weighted by Crippen LogP contribution is 2.57. The minimum atomic E-state index is -0.284. The molecule has 2 aromatic rings. The van der Waals surface area contributed by atoms with Gasteiger partial charge in [0.2, 0.25) is 0 Å². The second-order valence-electron chi connectivity index (χ2n) is 7.27. The molecule has 0 unspecified atom stereocenters. The highest BCUT2D eigenvalue weighted by molar-refractivity contribution is 6.30. The highest BCUT2D eigenvalue weighted by atomic mass is 35.5. The Labute approximate surface area is 151 Å². The molecule has 4 rings (SSSR count). The number of aliphatic hydroxyl groups excluding tert-OH is 1. The Morgan fingerprint density at radius 2 is 2.32 bits per heavy atom. The molecule has 2 aromatic heterocycles. The number of fused-ring (bicyclic) bond motifs is 3. The van der Waals surface area contributed by atoms with Crippen LogP contribution in [-0.2, 0) is 6.42 Å². The van der Waals surface area contributed by atoms with Crippen LogP contribution in [0.1, 0.15) is 47.9 Å². The van der Waals surface area contributed by atoms with E-state index in [4.69, 9.17) is 11.6 Å². The number of aromatic nitrogens is 3. The van der Waals surface area contributed by atoms with E-state index in [-0.39, 0.29) is 24.5 Å². The van der Waals surface area contributed by atoms with E-state index >= 15 is 0 Å². The third kappa shape index (κ3) is 2.83. The lowest BCUT2D eigenvalue weighted by molar-refractivity contribution is 0.0890. The molecule has 1 amide bonds. The van der Waals surface area contributed by atoms with Crippen molar-refractivity contribution in [1.29, 1.82) is 0 Å². The van der Waals surface area contributed by atoms with E-state index in [1.165, 1.54) is 0 Å². The summed E-state index contributed by atoms with van der Waals surface area (Å²) in [4.78, 5) is 17.1. The molecule has 2 heterocycles. The number of carbonyl (C=O) groups is 1. The quantitative estimate of drug-likeness (QED) is 0.857. The van der Waals surface area contributed by atoms with Gasteiger partial charge in [-0.15, -0.1) is 0 Å². The van der Waals surface area contributed by atoms with Gasteiger partial charge in [0, 0.05) is 28.8 Å². The molecule has 0 bridgehead atoms. The first-order chi connectivity index (χ1) is 12.0. The fourth-order valence-electron chi connectivity index (χ4n) is 3.64. The Kier molecular flexibility index (Phi) is 4.04. The highest BCUT2D eigenvalue weighted by Gasteiger charge is 2.50. The summed E-state index contributed by atoms with van der Waals surface area (Å²) in [5.74, 6) is 1.63. The number of carbonyl (C=O) groups excluding carboxylic acids is 1. The van der Waals surface area contributed by atoms with Crippen molar-refractivity contribution in [3.8, 4) is 5.82 Å². The van der Waals surface area contributed by atoms with Crippen molar-refractivity contribution < 1.29 is 9.90 Å². The average molecular weight is 361 g/mol. The van der Waals surface area contributed by atoms with Crippen molar-refractivity contribution in [2.75, 3.05) is 6.61 Å². The fourth-order valence-corrected chi connectivity index (χ4v) is 3.80. The normalized spacial score (nSPS) is 21.8. The molecule has 25 heavy (non-hydrogen) atoms. The molecule has 0 spiro atoms. The van der Waals surface area contributed by atoms with Crippen molar-refractivity contribution in [3.63, 3.8) is 0 Å². The molecule has 3 atom stereocenters. The van der Waals surface area contributed by atoms with E-state index in [1.807, 2.05) is 13.8 Å². The number of nitrogens with one attached hydrogen (secondary N) is 1. The number of amides is 1. The van der Waals surface area contributed by atoms with Gasteiger partial charge in [0.25, 0.3) is 5.91 Å². The summed E-state index contributed by atoms with van der Waals surface area (Å²) < 4.78 is 1.77. The van der Waals surface area contributed by atoms with Crippen LogP contribution in [0.3, 0.4) is 0 Å². The summed E-state index contributed by atoms with van der Waals surface area (Å²) in [5, 5.41) is 17.5. The Bertz CT molecular complexity index is 832. The van der Waals surface area contributed by atoms with E-state index in [1.54, 1.807) is 23.0 Å². The maximum Gasteiger partial charge on any atom is 0.272 e. The lowest BCUT2D eigenvalue weighted by atomic mass is 10.0. The van der Waals surface area contributed by atoms with Crippen LogP contribution in [0.4, 0.5) is 0 Å². The first kappa shape index (κ1) is 16.5. The predicted octanol–water partition coefficient (Wildman–Crippen LogP) is 2.33. The van der Waals surface area contributed by atoms with Gasteiger partial charge in [-0.25, -0.2) is 9.67 Å². The van der Waals surface area contributed by atoms with Crippen LogP contribution < -0.4 is 5.32 Å². The molecule has 2 aliphatic carbocycles. The smallest absolute Gasteiger partial charge is 0.272 e. The minimum Gasteiger partial charge on any atom is -0.394 e. The summed E-state index contributed by atoms with van der Waals surface area (Å²) in [6.45, 7) is 3.85. The third-order valence-electron chi connectivity index (χ3n) is 5.22. The number of hydrogen-bond donors (Lipinski definition) is 2. The van der Waals surface area contributed by atoms with Crippen LogP contribution in [0.5, 0.6) is 0 Å². The van der Waals surface area contributed by atoms with Gasteiger partial charge in [0.1, 0.15) is 0 Å². The van der Waals surface area contributed by atoms with E-state index < -0.39 is 0 Å². The second kappa shape index (κ2) is 6.11. The minimum absolute atomic E-state index is 0.0899. The summed E-state index contributed by atoms with van der Waals surface area (Å²) in [6.07, 6.45) is 3.67. The van der Waals surface area contributed by atoms with Crippen LogP contribution in [0.15, 0.2) is 18.3 Å². The third-order valence-corrected chi connectivity index (χ3v) is 5.46. The number of halogens is 1. The molecular weight excluding hydrogens is 340 g/mol. The maximum atomic E-state index is 12.8. The molecular formula is C18H21ClN4O2. The van der Waals surface area contributed by atoms with Gasteiger partial charge in [-0.05, 0) is 30.7 Å². The van der Waals surface area contributed by atoms with Crippen molar-refractivity contribution in [3.05, 3.63) is 40.3 Å². The molecule has 7 heteroatoms. The Morgan fingerprint density at radius 3 is 3.00 bits per heavy atom. The molecule has 1 fully saturated rings. The largest absolute Gasteiger partial charge is 0.394 e. The molecule has 0 saturated heterocycles. The standard InChI is InChI=1S/C18H21ClN4O2/c1-9(2)14(8-24)21-18(25)16-13-6-10-5-12(10)17(13)23(22-16)15-7-11(19)3-4-20-15/h3-4,7,9-10,12,14,24H,5-6,8H2,1-2H3,(H,21,25)/t10-,12-,14+/m0/s1. The topological polar surface area (TPSA) is 80.0 Å². The van der Waals surface area contributed by atoms with Gasteiger partial charge >= 0.3 is 0 Å². The average Bonchev–Trinajstić information content (AvgIpc) is 3.08. The van der Waals surface area contributed by atoms with Crippen LogP contribution >= 0.6 is 11.6 Å². The zero-order valence-corrected chi connectivity index (χ0v) is 15.0. The Balaban J connectivity index is 1.72. The Hall–Kier alpha value is -1.92. The molecule has 2 aliphatic rings. The molecule has 1 saturated carbocycles. The van der Waals surface area contributed by atoms with Gasteiger partial charge in [-0.3, -0.25) is 4.79 Å². The van der Waals surface area contributed by atoms with Crippen molar-refractivity contribution in [2.24, 2.45) is 11.8 Å². The molecule has 0 aromatic carbocycles. The van der Waals surface area contributed by atoms with Gasteiger partial charge < -0.3 is 10.4 Å². The number of aliphatic hydroxyl groups is 1. The summed E-state index contributed by atoms with van der Waals surface area (Å²) >= 11 is 6.10. The number of nitrogens with zero attached hydrogens (tertiary/aromatic N) is 3. The van der Waals surface area contributed by atoms with Crippen molar-refractivity contribution in [2.45, 2.75) is 38.6 Å². The summed E-state index contributed by atoms with van der Waals surface area (Å²) in [7, 11) is 0. The van der Waals surface area contributed by atoms with Crippen LogP contribution in [0.25, 0.3) is 5.82 Å². The maximum absolute atomic E-state index is 12.8. The van der Waals surface area contributed by atoms with Crippen molar-refractivity contribution >= 4 is 17.5 Å². The molecule has 6 nitrogen and oxygen atoms in total. The van der Waals surface area contributed by atoms with E-state index in [0.717, 1.165) is 24.1 Å². The van der Waals surface area contributed by atoms with Crippen LogP contribution in [-0.4, -0.2) is 38.4 Å². The van der Waals surface area contributed by atoms with E-state index in [2.05, 4.69) is 15.4 Å². The van der Waals surface area contributed by atoms with Crippen molar-refractivity contribution in [1.82, 2.24) is 20.1 Å². The van der Waals surface area contributed by atoms with Crippen LogP contribution in [0.2, 0.25) is 5.02 Å². The zero-order valence-electron chi connectivity index (χ0n) is 14.2. The van der Waals surface area contributed by atoms with Gasteiger partial charge in [-0.2, -0.15) is 5.10 Å². The first-order valence-electron chi connectivity index (χ1n) is 8.65. The van der Waals surface area contributed by atoms with Gasteiger partial charge in [-0.1, -0.05) is 25.4 Å². The number of rotatable bonds is 5. The Morgan fingerprint density at radius 1 is 1.52 bits per heavy atom. The fraction of sp³-hybridized carbons (Fsp3) is 0.500. The SMILES string of the molecule is CC(C)[C@@H](CO)NC(=O)c1nn(-c2cc(Cl)ccn2)c2c1C[C@@H]1C[C@H]21. The second-order valence-corrected chi connectivity index (χ2v) is 7.71. The van der Waals surface area contributed by atoms with Gasteiger partial charge in [0.15, 0.2) is 11.5 Å². The lowest BCUT2D eigenvalue weighted by Crippen LogP contribution is -2.41. The number of pyridine rings is 1. The molecule has 0 radical (unpaired) electrons. The number of hydrogen-bond acceptors (Lipinski definition) is 4. The van der Waals surface area contributed by atoms with E-state index in [9.17, 15) is 9.90 Å². The summed E-state index contributed by atoms with van der Waals surface area (Å²) in [5.41, 5.74) is 2.55. The zero-order chi connectivity index (χ0) is 17.7. The lowest BCUT2D eigenvalue weighted by Gasteiger charge is -2.19. The molecule has 0 aliphatic heterocycles. The summed E-state index contributed by atoms with van der Waals surface area (Å²) in [6, 6.07) is 3.20. The predicted molar refractivity (Wildman–Crippen MR) is 94.1 cm³/mol. The molecule has 2 N–H and O–H groups in total. The molecule has 132 valence electrons. The van der Waals surface area contributed by atoms with E-state index in [0.29, 0.717) is 28.4 Å².